The summed E-state index contributed by atoms with van der Waals surface area (Å²) in [7, 11) is -3.39. The zero-order valence-electron chi connectivity index (χ0n) is 25.2. The maximum Gasteiger partial charge on any atom is 0.243 e. The zero-order chi connectivity index (χ0) is 31.2. The van der Waals surface area contributed by atoms with E-state index < -0.39 is 51.7 Å². The molecule has 3 amide bonds. The first-order valence-corrected chi connectivity index (χ1v) is 15.9. The fraction of sp³-hybridized carbons (Fsp3) is 0.621. The van der Waals surface area contributed by atoms with Crippen LogP contribution >= 0.6 is 0 Å². The first-order valence-electron chi connectivity index (χ1n) is 14.0. The molecule has 1 aromatic carbocycles. The van der Waals surface area contributed by atoms with Gasteiger partial charge in [0.2, 0.25) is 17.7 Å². The Morgan fingerprint density at radius 1 is 0.829 bits per heavy atom. The SMILES string of the molecule is CC(C)C[C@@H](/C=C/S(C)(=O)=O)NC(=O)[C@H](CC(C)C)NC(=O)[C@H](CC(C)C)NC(=O)[C@H](Cc1ccccc1)N=[N+]=[N-]. The number of amides is 3. The number of carbonyl (C=O) groups excluding carboxylic acids is 3. The van der Waals surface area contributed by atoms with Crippen molar-refractivity contribution in [1.82, 2.24) is 16.0 Å². The van der Waals surface area contributed by atoms with Crippen molar-refractivity contribution < 1.29 is 22.8 Å². The highest BCUT2D eigenvalue weighted by Gasteiger charge is 2.30. The number of hydrogen-bond donors (Lipinski definition) is 3. The molecular formula is C29H46N6O5S. The number of sulfone groups is 1. The van der Waals surface area contributed by atoms with Gasteiger partial charge in [0, 0.05) is 22.6 Å². The Balaban J connectivity index is 3.14. The molecule has 0 aliphatic rings. The minimum Gasteiger partial charge on any atom is -0.348 e. The molecule has 0 bridgehead atoms. The molecule has 0 spiro atoms. The number of nitrogens with zero attached hydrogens (tertiary/aromatic N) is 3. The molecule has 1 rings (SSSR count). The molecule has 4 atom stereocenters. The Morgan fingerprint density at radius 3 is 1.78 bits per heavy atom. The van der Waals surface area contributed by atoms with Gasteiger partial charge in [0.1, 0.15) is 18.1 Å². The van der Waals surface area contributed by atoms with E-state index in [1.807, 2.05) is 71.9 Å². The van der Waals surface area contributed by atoms with Crippen LogP contribution in [0.1, 0.15) is 66.4 Å². The van der Waals surface area contributed by atoms with E-state index in [2.05, 4.69) is 26.0 Å². The number of carbonyl (C=O) groups is 3. The smallest absolute Gasteiger partial charge is 0.243 e. The number of rotatable bonds is 17. The molecule has 0 saturated heterocycles. The van der Waals surface area contributed by atoms with Gasteiger partial charge in [0.25, 0.3) is 0 Å². The molecule has 1 aromatic rings. The monoisotopic (exact) mass is 590 g/mol. The van der Waals surface area contributed by atoms with Gasteiger partial charge in [-0.2, -0.15) is 0 Å². The largest absolute Gasteiger partial charge is 0.348 e. The van der Waals surface area contributed by atoms with Gasteiger partial charge in [-0.25, -0.2) is 8.42 Å². The highest BCUT2D eigenvalue weighted by atomic mass is 32.2. The van der Waals surface area contributed by atoms with Crippen molar-refractivity contribution >= 4 is 27.6 Å². The molecule has 0 radical (unpaired) electrons. The highest BCUT2D eigenvalue weighted by Crippen LogP contribution is 2.13. The average Bonchev–Trinajstić information content (AvgIpc) is 2.85. The van der Waals surface area contributed by atoms with E-state index in [4.69, 9.17) is 5.53 Å². The number of benzene rings is 1. The van der Waals surface area contributed by atoms with Crippen LogP contribution in [0.2, 0.25) is 0 Å². The molecular weight excluding hydrogens is 544 g/mol. The van der Waals surface area contributed by atoms with Crippen molar-refractivity contribution in [2.45, 2.75) is 91.4 Å². The van der Waals surface area contributed by atoms with Crippen LogP contribution in [0, 0.1) is 17.8 Å². The van der Waals surface area contributed by atoms with Gasteiger partial charge in [-0.15, -0.1) is 0 Å². The van der Waals surface area contributed by atoms with E-state index in [1.54, 1.807) is 0 Å². The first kappa shape index (κ1) is 35.7. The Kier molecular flexibility index (Phi) is 15.2. The Morgan fingerprint density at radius 2 is 1.32 bits per heavy atom. The average molecular weight is 591 g/mol. The Labute approximate surface area is 244 Å². The second kappa shape index (κ2) is 17.4. The molecule has 0 saturated carbocycles. The van der Waals surface area contributed by atoms with Gasteiger partial charge >= 0.3 is 0 Å². The van der Waals surface area contributed by atoms with Crippen molar-refractivity contribution in [1.29, 1.82) is 0 Å². The summed E-state index contributed by atoms with van der Waals surface area (Å²) in [5, 5.41) is 13.1. The number of azide groups is 1. The maximum atomic E-state index is 13.5. The minimum atomic E-state index is -3.39. The van der Waals surface area contributed by atoms with Crippen LogP contribution < -0.4 is 16.0 Å². The second-order valence-electron chi connectivity index (χ2n) is 11.7. The van der Waals surface area contributed by atoms with E-state index >= 15 is 0 Å². The summed E-state index contributed by atoms with van der Waals surface area (Å²) in [6.07, 6.45) is 3.84. The quantitative estimate of drug-likeness (QED) is 0.141. The Bertz CT molecular complexity index is 1180. The van der Waals surface area contributed by atoms with Crippen molar-refractivity contribution in [3.05, 3.63) is 57.8 Å². The maximum absolute atomic E-state index is 13.5. The lowest BCUT2D eigenvalue weighted by Crippen LogP contribution is -2.56. The summed E-state index contributed by atoms with van der Waals surface area (Å²) in [5.74, 6) is -1.29. The van der Waals surface area contributed by atoms with Gasteiger partial charge in [-0.1, -0.05) is 83.1 Å². The molecule has 41 heavy (non-hydrogen) atoms. The summed E-state index contributed by atoms with van der Waals surface area (Å²) in [6.45, 7) is 11.6. The van der Waals surface area contributed by atoms with Crippen molar-refractivity contribution in [2.75, 3.05) is 6.26 Å². The normalized spacial score (nSPS) is 14.8. The zero-order valence-corrected chi connectivity index (χ0v) is 26.0. The van der Waals surface area contributed by atoms with Gasteiger partial charge in [0.15, 0.2) is 9.84 Å². The van der Waals surface area contributed by atoms with E-state index in [-0.39, 0.29) is 24.2 Å². The van der Waals surface area contributed by atoms with Crippen LogP contribution in [-0.4, -0.2) is 56.6 Å². The third kappa shape index (κ3) is 15.3. The molecule has 11 nitrogen and oxygen atoms in total. The van der Waals surface area contributed by atoms with E-state index in [1.165, 1.54) is 6.08 Å². The summed E-state index contributed by atoms with van der Waals surface area (Å²) >= 11 is 0. The number of nitrogens with one attached hydrogen (secondary N) is 3. The van der Waals surface area contributed by atoms with Gasteiger partial charge in [0.05, 0.1) is 0 Å². The van der Waals surface area contributed by atoms with Crippen LogP contribution in [-0.2, 0) is 30.6 Å². The third-order valence-corrected chi connectivity index (χ3v) is 6.71. The molecule has 12 heteroatoms. The van der Waals surface area contributed by atoms with Gasteiger partial charge < -0.3 is 16.0 Å². The van der Waals surface area contributed by atoms with Gasteiger partial charge in [-0.3, -0.25) is 14.4 Å². The molecule has 0 aromatic heterocycles. The molecule has 0 unspecified atom stereocenters. The lowest BCUT2D eigenvalue weighted by Gasteiger charge is -2.27. The molecule has 228 valence electrons. The predicted molar refractivity (Wildman–Crippen MR) is 161 cm³/mol. The predicted octanol–water partition coefficient (Wildman–Crippen LogP) is 4.06. The molecule has 0 aliphatic carbocycles. The molecule has 3 N–H and O–H groups in total. The molecule has 0 heterocycles. The first-order chi connectivity index (χ1) is 19.1. The van der Waals surface area contributed by atoms with E-state index in [0.29, 0.717) is 19.3 Å². The van der Waals surface area contributed by atoms with Crippen LogP contribution in [0.5, 0.6) is 0 Å². The fourth-order valence-corrected chi connectivity index (χ4v) is 4.72. The van der Waals surface area contributed by atoms with E-state index in [9.17, 15) is 22.8 Å². The van der Waals surface area contributed by atoms with Crippen LogP contribution in [0.25, 0.3) is 10.4 Å². The summed E-state index contributed by atoms with van der Waals surface area (Å²) in [4.78, 5) is 42.8. The lowest BCUT2D eigenvalue weighted by molar-refractivity contribution is -0.133. The van der Waals surface area contributed by atoms with Crippen molar-refractivity contribution in [3.8, 4) is 0 Å². The van der Waals surface area contributed by atoms with Crippen LogP contribution in [0.4, 0.5) is 0 Å². The number of hydrogen-bond acceptors (Lipinski definition) is 6. The van der Waals surface area contributed by atoms with Crippen molar-refractivity contribution in [2.24, 2.45) is 22.9 Å². The second-order valence-corrected chi connectivity index (χ2v) is 13.6. The van der Waals surface area contributed by atoms with Crippen molar-refractivity contribution in [3.63, 3.8) is 0 Å². The standard InChI is InChI=1S/C29H46N6O5S/c1-19(2)15-23(13-14-41(7,39)40)31-27(36)24(16-20(3)4)32-28(37)25(17-21(5)6)33-29(38)26(34-35-30)18-22-11-9-8-10-12-22/h8-14,19-21,23-26H,15-18H2,1-7H3,(H,31,36)(H,32,37)(H,33,38)/b14-13+/t23-,24+,25+,26+/m1/s1. The lowest BCUT2D eigenvalue weighted by atomic mass is 9.98. The molecule has 0 aliphatic heterocycles. The summed E-state index contributed by atoms with van der Waals surface area (Å²) in [6, 6.07) is 5.63. The van der Waals surface area contributed by atoms with E-state index in [0.717, 1.165) is 17.2 Å². The summed E-state index contributed by atoms with van der Waals surface area (Å²) in [5.41, 5.74) is 9.85. The third-order valence-electron chi connectivity index (χ3n) is 6.06. The van der Waals surface area contributed by atoms with Crippen LogP contribution in [0.3, 0.4) is 0 Å². The Hall–Kier alpha value is -3.37. The topological polar surface area (TPSA) is 170 Å². The van der Waals surface area contributed by atoms with Gasteiger partial charge in [-0.05, 0) is 54.5 Å². The minimum absolute atomic E-state index is 0.0343. The summed E-state index contributed by atoms with van der Waals surface area (Å²) < 4.78 is 23.3. The fourth-order valence-electron chi connectivity index (χ4n) is 4.25. The highest BCUT2D eigenvalue weighted by molar-refractivity contribution is 7.93. The molecule has 0 fully saturated rings. The van der Waals surface area contributed by atoms with Crippen LogP contribution in [0.15, 0.2) is 46.9 Å².